The predicted octanol–water partition coefficient (Wildman–Crippen LogP) is 1.40. The molecule has 2 atom stereocenters. The SMILES string of the molecule is COCC(C)NC(=NC1CCCC(C)(C)C1)NN. The number of hydrazine groups is 1. The van der Waals surface area contributed by atoms with Gasteiger partial charge >= 0.3 is 0 Å². The van der Waals surface area contributed by atoms with Gasteiger partial charge in [-0.15, -0.1) is 0 Å². The Kier molecular flexibility index (Phi) is 5.88. The van der Waals surface area contributed by atoms with Crippen LogP contribution in [0, 0.1) is 5.41 Å². The molecule has 0 aliphatic heterocycles. The lowest BCUT2D eigenvalue weighted by Crippen LogP contribution is -2.47. The molecular formula is C13H28N4O. The molecule has 0 amide bonds. The maximum absolute atomic E-state index is 5.52. The molecule has 5 nitrogen and oxygen atoms in total. The number of hydrogen-bond acceptors (Lipinski definition) is 3. The number of methoxy groups -OCH3 is 1. The molecule has 0 aromatic rings. The molecule has 0 radical (unpaired) electrons. The van der Waals surface area contributed by atoms with Crippen molar-refractivity contribution < 1.29 is 4.74 Å². The molecule has 1 rings (SSSR count). The molecule has 1 aliphatic rings. The first-order valence-electron chi connectivity index (χ1n) is 6.77. The van der Waals surface area contributed by atoms with Gasteiger partial charge in [0.1, 0.15) is 0 Å². The van der Waals surface area contributed by atoms with Crippen molar-refractivity contribution >= 4 is 5.96 Å². The average Bonchev–Trinajstić information content (AvgIpc) is 2.27. The molecule has 0 bridgehead atoms. The molecule has 106 valence electrons. The van der Waals surface area contributed by atoms with E-state index < -0.39 is 0 Å². The minimum Gasteiger partial charge on any atom is -0.383 e. The van der Waals surface area contributed by atoms with Crippen LogP contribution in [0.1, 0.15) is 46.5 Å². The average molecular weight is 256 g/mol. The van der Waals surface area contributed by atoms with Crippen molar-refractivity contribution in [1.82, 2.24) is 10.7 Å². The molecule has 0 spiro atoms. The highest BCUT2D eigenvalue weighted by Crippen LogP contribution is 2.36. The summed E-state index contributed by atoms with van der Waals surface area (Å²) in [7, 11) is 1.69. The Balaban J connectivity index is 2.55. The minimum atomic E-state index is 0.196. The highest BCUT2D eigenvalue weighted by Gasteiger charge is 2.27. The predicted molar refractivity (Wildman–Crippen MR) is 75.3 cm³/mol. The van der Waals surface area contributed by atoms with Crippen LogP contribution >= 0.6 is 0 Å². The van der Waals surface area contributed by atoms with Crippen LogP contribution in [0.5, 0.6) is 0 Å². The van der Waals surface area contributed by atoms with Gasteiger partial charge in [-0.1, -0.05) is 20.3 Å². The van der Waals surface area contributed by atoms with E-state index >= 15 is 0 Å². The van der Waals surface area contributed by atoms with E-state index in [9.17, 15) is 0 Å². The number of hydrogen-bond donors (Lipinski definition) is 3. The van der Waals surface area contributed by atoms with Crippen molar-refractivity contribution in [2.75, 3.05) is 13.7 Å². The molecule has 1 fully saturated rings. The fraction of sp³-hybridized carbons (Fsp3) is 0.923. The number of ether oxygens (including phenoxy) is 1. The Labute approximate surface area is 111 Å². The van der Waals surface area contributed by atoms with Gasteiger partial charge in [0.2, 0.25) is 5.96 Å². The number of nitrogens with one attached hydrogen (secondary N) is 2. The summed E-state index contributed by atoms with van der Waals surface area (Å²) in [5.41, 5.74) is 3.04. The van der Waals surface area contributed by atoms with Gasteiger partial charge < -0.3 is 10.1 Å². The van der Waals surface area contributed by atoms with Crippen molar-refractivity contribution in [3.05, 3.63) is 0 Å². The summed E-state index contributed by atoms with van der Waals surface area (Å²) in [5.74, 6) is 6.19. The normalized spacial score (nSPS) is 25.6. The number of guanidine groups is 1. The lowest BCUT2D eigenvalue weighted by molar-refractivity contribution is 0.178. The van der Waals surface area contributed by atoms with E-state index in [0.29, 0.717) is 24.0 Å². The molecule has 2 unspecified atom stereocenters. The molecule has 0 aromatic carbocycles. The second kappa shape index (κ2) is 6.95. The van der Waals surface area contributed by atoms with Crippen LogP contribution in [-0.2, 0) is 4.74 Å². The third kappa shape index (κ3) is 5.23. The smallest absolute Gasteiger partial charge is 0.206 e. The standard InChI is InChI=1S/C13H28N4O/c1-10(9-18-4)15-12(17-14)16-11-6-5-7-13(2,3)8-11/h10-11H,5-9,14H2,1-4H3,(H2,15,16,17). The molecule has 0 aromatic heterocycles. The van der Waals surface area contributed by atoms with E-state index in [1.54, 1.807) is 7.11 Å². The third-order valence-electron chi connectivity index (χ3n) is 3.43. The summed E-state index contributed by atoms with van der Waals surface area (Å²) >= 11 is 0. The lowest BCUT2D eigenvalue weighted by Gasteiger charge is -2.33. The Hall–Kier alpha value is -0.810. The Bertz CT molecular complexity index is 278. The first-order valence-corrected chi connectivity index (χ1v) is 6.77. The molecule has 0 heterocycles. The van der Waals surface area contributed by atoms with Gasteiger partial charge in [0, 0.05) is 13.2 Å². The summed E-state index contributed by atoms with van der Waals surface area (Å²) in [6, 6.07) is 0.559. The second-order valence-electron chi connectivity index (χ2n) is 6.04. The fourth-order valence-electron chi connectivity index (χ4n) is 2.59. The van der Waals surface area contributed by atoms with E-state index in [1.807, 2.05) is 6.92 Å². The van der Waals surface area contributed by atoms with Crippen molar-refractivity contribution in [2.45, 2.75) is 58.5 Å². The summed E-state index contributed by atoms with van der Waals surface area (Å²) < 4.78 is 5.09. The molecule has 18 heavy (non-hydrogen) atoms. The van der Waals surface area contributed by atoms with Crippen LogP contribution in [0.25, 0.3) is 0 Å². The first kappa shape index (κ1) is 15.2. The van der Waals surface area contributed by atoms with E-state index in [4.69, 9.17) is 10.6 Å². The van der Waals surface area contributed by atoms with Gasteiger partial charge in [0.25, 0.3) is 0 Å². The van der Waals surface area contributed by atoms with Gasteiger partial charge in [-0.25, -0.2) is 10.8 Å². The number of nitrogens with two attached hydrogens (primary N) is 1. The zero-order chi connectivity index (χ0) is 13.6. The van der Waals surface area contributed by atoms with Crippen molar-refractivity contribution in [2.24, 2.45) is 16.3 Å². The molecule has 1 aliphatic carbocycles. The van der Waals surface area contributed by atoms with Crippen LogP contribution in [0.15, 0.2) is 4.99 Å². The first-order chi connectivity index (χ1) is 8.46. The van der Waals surface area contributed by atoms with Crippen LogP contribution in [0.4, 0.5) is 0 Å². The van der Waals surface area contributed by atoms with E-state index in [-0.39, 0.29) is 6.04 Å². The topological polar surface area (TPSA) is 71.7 Å². The van der Waals surface area contributed by atoms with Crippen LogP contribution in [0.2, 0.25) is 0 Å². The van der Waals surface area contributed by atoms with E-state index in [2.05, 4.69) is 29.6 Å². The highest BCUT2D eigenvalue weighted by molar-refractivity contribution is 5.79. The zero-order valence-electron chi connectivity index (χ0n) is 12.1. The number of rotatable bonds is 4. The lowest BCUT2D eigenvalue weighted by atomic mass is 9.75. The Morgan fingerprint density at radius 2 is 2.28 bits per heavy atom. The number of nitrogens with zero attached hydrogens (tertiary/aromatic N) is 1. The fourth-order valence-corrected chi connectivity index (χ4v) is 2.59. The maximum atomic E-state index is 5.52. The molecule has 5 heteroatoms. The van der Waals surface area contributed by atoms with Crippen molar-refractivity contribution in [3.63, 3.8) is 0 Å². The molecular weight excluding hydrogens is 228 g/mol. The minimum absolute atomic E-state index is 0.196. The van der Waals surface area contributed by atoms with Crippen LogP contribution < -0.4 is 16.6 Å². The van der Waals surface area contributed by atoms with Gasteiger partial charge in [0.15, 0.2) is 0 Å². The van der Waals surface area contributed by atoms with Gasteiger partial charge in [0.05, 0.1) is 12.6 Å². The van der Waals surface area contributed by atoms with Gasteiger partial charge in [-0.05, 0) is 31.6 Å². The van der Waals surface area contributed by atoms with E-state index in [1.165, 1.54) is 12.8 Å². The molecule has 4 N–H and O–H groups in total. The van der Waals surface area contributed by atoms with Crippen LogP contribution in [0.3, 0.4) is 0 Å². The zero-order valence-corrected chi connectivity index (χ0v) is 12.1. The van der Waals surface area contributed by atoms with Crippen molar-refractivity contribution in [1.29, 1.82) is 0 Å². The van der Waals surface area contributed by atoms with Gasteiger partial charge in [-0.3, -0.25) is 5.43 Å². The van der Waals surface area contributed by atoms with Gasteiger partial charge in [-0.2, -0.15) is 0 Å². The quantitative estimate of drug-likeness (QED) is 0.308. The summed E-state index contributed by atoms with van der Waals surface area (Å²) in [4.78, 5) is 4.69. The summed E-state index contributed by atoms with van der Waals surface area (Å²) in [5, 5.41) is 3.23. The summed E-state index contributed by atoms with van der Waals surface area (Å²) in [6.45, 7) is 7.30. The Morgan fingerprint density at radius 1 is 1.56 bits per heavy atom. The van der Waals surface area contributed by atoms with E-state index in [0.717, 1.165) is 12.8 Å². The monoisotopic (exact) mass is 256 g/mol. The largest absolute Gasteiger partial charge is 0.383 e. The number of aliphatic imine (C=N–C) groups is 1. The van der Waals surface area contributed by atoms with Crippen LogP contribution in [-0.4, -0.2) is 31.8 Å². The maximum Gasteiger partial charge on any atom is 0.206 e. The third-order valence-corrected chi connectivity index (χ3v) is 3.43. The Morgan fingerprint density at radius 3 is 2.83 bits per heavy atom. The summed E-state index contributed by atoms with van der Waals surface area (Å²) in [6.07, 6.45) is 4.80. The molecule has 1 saturated carbocycles. The van der Waals surface area contributed by atoms with Crippen molar-refractivity contribution in [3.8, 4) is 0 Å². The molecule has 0 saturated heterocycles. The highest BCUT2D eigenvalue weighted by atomic mass is 16.5. The second-order valence-corrected chi connectivity index (χ2v) is 6.04.